The predicted octanol–water partition coefficient (Wildman–Crippen LogP) is 5.70. The molecule has 0 saturated carbocycles. The van der Waals surface area contributed by atoms with Crippen LogP contribution in [0.15, 0.2) is 0 Å². The fourth-order valence-electron chi connectivity index (χ4n) is 1.87. The molecule has 0 heterocycles. The van der Waals surface area contributed by atoms with E-state index in [-0.39, 0.29) is 33.6 Å². The highest BCUT2D eigenvalue weighted by atomic mass is 28.4. The highest BCUT2D eigenvalue weighted by Gasteiger charge is 2.42. The van der Waals surface area contributed by atoms with Crippen LogP contribution >= 0.6 is 0 Å². The van der Waals surface area contributed by atoms with Crippen molar-refractivity contribution in [3.05, 3.63) is 10.1 Å². The van der Waals surface area contributed by atoms with E-state index >= 15 is 0 Å². The van der Waals surface area contributed by atoms with Crippen molar-refractivity contribution >= 4 is 16.6 Å². The third kappa shape index (κ3) is 7.89. The van der Waals surface area contributed by atoms with Crippen LogP contribution < -0.4 is 0 Å². The number of nitrogens with zero attached hydrogens (tertiary/aromatic N) is 1. The largest absolute Gasteiger partial charge is 0.414 e. The van der Waals surface area contributed by atoms with Gasteiger partial charge < -0.3 is 8.85 Å². The monoisotopic (exact) mass is 391 g/mol. The maximum Gasteiger partial charge on any atom is 0.204 e. The zero-order valence-corrected chi connectivity index (χ0v) is 20.4. The summed E-state index contributed by atoms with van der Waals surface area (Å²) in [6.45, 7) is 24.8. The van der Waals surface area contributed by atoms with Crippen molar-refractivity contribution in [2.24, 2.45) is 5.92 Å². The standard InChI is InChI=1S/C18H41NO4Si2/c1-15(12-13-19(20)21)16(23-25(10,11)18(5,6)7)14-22-24(8,9)17(2,3)4/h15-16H,12-14H2,1-11H3/t15-,16-/m1/s1. The maximum absolute atomic E-state index is 10.8. The highest BCUT2D eigenvalue weighted by molar-refractivity contribution is 6.74. The summed E-state index contributed by atoms with van der Waals surface area (Å²) in [4.78, 5) is 10.5. The Balaban J connectivity index is 5.24. The number of hydrogen-bond donors (Lipinski definition) is 0. The first kappa shape index (κ1) is 24.8. The van der Waals surface area contributed by atoms with Crippen LogP contribution in [-0.2, 0) is 8.85 Å². The van der Waals surface area contributed by atoms with Gasteiger partial charge in [-0.25, -0.2) is 0 Å². The second-order valence-electron chi connectivity index (χ2n) is 10.3. The lowest BCUT2D eigenvalue weighted by molar-refractivity contribution is -0.481. The summed E-state index contributed by atoms with van der Waals surface area (Å²) in [7, 11) is -3.84. The lowest BCUT2D eigenvalue weighted by Crippen LogP contribution is -2.49. The summed E-state index contributed by atoms with van der Waals surface area (Å²) < 4.78 is 13.0. The van der Waals surface area contributed by atoms with E-state index in [0.29, 0.717) is 13.0 Å². The summed E-state index contributed by atoms with van der Waals surface area (Å²) in [6, 6.07) is 0. The first-order valence-corrected chi connectivity index (χ1v) is 15.2. The minimum Gasteiger partial charge on any atom is -0.414 e. The van der Waals surface area contributed by atoms with Crippen molar-refractivity contribution in [3.63, 3.8) is 0 Å². The van der Waals surface area contributed by atoms with Gasteiger partial charge in [-0.05, 0) is 42.2 Å². The van der Waals surface area contributed by atoms with E-state index in [1.54, 1.807) is 0 Å². The average molecular weight is 392 g/mol. The van der Waals surface area contributed by atoms with Gasteiger partial charge in [0.25, 0.3) is 0 Å². The van der Waals surface area contributed by atoms with Gasteiger partial charge in [-0.3, -0.25) is 10.1 Å². The van der Waals surface area contributed by atoms with Crippen molar-refractivity contribution in [2.45, 2.75) is 97.3 Å². The topological polar surface area (TPSA) is 61.6 Å². The van der Waals surface area contributed by atoms with E-state index in [4.69, 9.17) is 8.85 Å². The number of rotatable bonds is 9. The van der Waals surface area contributed by atoms with E-state index in [1.165, 1.54) is 0 Å². The number of nitro groups is 1. The molecular formula is C18H41NO4Si2. The molecule has 0 aromatic rings. The van der Waals surface area contributed by atoms with Gasteiger partial charge in [0, 0.05) is 11.3 Å². The molecule has 0 aliphatic rings. The normalized spacial score (nSPS) is 16.6. The molecule has 0 aliphatic heterocycles. The summed E-state index contributed by atoms with van der Waals surface area (Å²) in [5.74, 6) is 0.101. The quantitative estimate of drug-likeness (QED) is 0.287. The summed E-state index contributed by atoms with van der Waals surface area (Å²) in [5, 5.41) is 11.0. The Bertz CT molecular complexity index is 439. The minimum absolute atomic E-state index is 0.0153. The van der Waals surface area contributed by atoms with Gasteiger partial charge in [-0.2, -0.15) is 0 Å². The van der Waals surface area contributed by atoms with Crippen molar-refractivity contribution in [2.75, 3.05) is 13.2 Å². The first-order valence-electron chi connectivity index (χ1n) is 9.34. The van der Waals surface area contributed by atoms with Gasteiger partial charge in [0.15, 0.2) is 16.6 Å². The molecule has 0 unspecified atom stereocenters. The lowest BCUT2D eigenvalue weighted by atomic mass is 10.0. The van der Waals surface area contributed by atoms with Gasteiger partial charge in [0.2, 0.25) is 6.54 Å². The van der Waals surface area contributed by atoms with E-state index in [2.05, 4.69) is 74.7 Å². The maximum atomic E-state index is 10.8. The second-order valence-corrected chi connectivity index (χ2v) is 19.9. The Morgan fingerprint density at radius 3 is 1.76 bits per heavy atom. The molecule has 0 bridgehead atoms. The van der Waals surface area contributed by atoms with E-state index < -0.39 is 16.6 Å². The van der Waals surface area contributed by atoms with Gasteiger partial charge in [-0.15, -0.1) is 0 Å². The zero-order chi connectivity index (χ0) is 20.3. The van der Waals surface area contributed by atoms with Crippen LogP contribution in [0.25, 0.3) is 0 Å². The summed E-state index contributed by atoms with van der Waals surface area (Å²) >= 11 is 0. The molecule has 0 N–H and O–H groups in total. The lowest BCUT2D eigenvalue weighted by Gasteiger charge is -2.43. The van der Waals surface area contributed by atoms with Crippen molar-refractivity contribution in [1.82, 2.24) is 0 Å². The van der Waals surface area contributed by atoms with Crippen LogP contribution in [0.4, 0.5) is 0 Å². The zero-order valence-electron chi connectivity index (χ0n) is 18.4. The van der Waals surface area contributed by atoms with Crippen LogP contribution in [0.1, 0.15) is 54.9 Å². The second kappa shape index (κ2) is 8.63. The van der Waals surface area contributed by atoms with Gasteiger partial charge in [0.1, 0.15) is 0 Å². The molecule has 0 aromatic carbocycles. The van der Waals surface area contributed by atoms with Gasteiger partial charge in [0.05, 0.1) is 12.7 Å². The molecule has 5 nitrogen and oxygen atoms in total. The molecule has 0 radical (unpaired) electrons. The molecule has 2 atom stereocenters. The fourth-order valence-corrected chi connectivity index (χ4v) is 4.30. The molecular weight excluding hydrogens is 350 g/mol. The van der Waals surface area contributed by atoms with E-state index in [9.17, 15) is 10.1 Å². The van der Waals surface area contributed by atoms with E-state index in [0.717, 1.165) is 0 Å². The Morgan fingerprint density at radius 2 is 1.40 bits per heavy atom. The molecule has 0 aliphatic carbocycles. The Kier molecular flexibility index (Phi) is 8.54. The smallest absolute Gasteiger partial charge is 0.204 e. The molecule has 25 heavy (non-hydrogen) atoms. The van der Waals surface area contributed by atoms with Crippen LogP contribution in [0.3, 0.4) is 0 Å². The Morgan fingerprint density at radius 1 is 0.960 bits per heavy atom. The van der Waals surface area contributed by atoms with Crippen LogP contribution in [-0.4, -0.2) is 40.8 Å². The van der Waals surface area contributed by atoms with Crippen LogP contribution in [0.2, 0.25) is 36.3 Å². The molecule has 0 saturated heterocycles. The van der Waals surface area contributed by atoms with Gasteiger partial charge in [-0.1, -0.05) is 48.5 Å². The van der Waals surface area contributed by atoms with Crippen molar-refractivity contribution in [1.29, 1.82) is 0 Å². The summed E-state index contributed by atoms with van der Waals surface area (Å²) in [6.07, 6.45) is 0.433. The SMILES string of the molecule is C[C@H](CC[N+](=O)[O-])[C@@H](CO[Si](C)(C)C(C)(C)C)O[Si](C)(C)C(C)(C)C. The third-order valence-corrected chi connectivity index (χ3v) is 15.1. The number of hydrogen-bond acceptors (Lipinski definition) is 4. The van der Waals surface area contributed by atoms with Crippen LogP contribution in [0.5, 0.6) is 0 Å². The molecule has 0 amide bonds. The van der Waals surface area contributed by atoms with Crippen molar-refractivity contribution < 1.29 is 13.8 Å². The average Bonchev–Trinajstić information content (AvgIpc) is 2.38. The third-order valence-electron chi connectivity index (χ3n) is 6.07. The molecule has 0 fully saturated rings. The fraction of sp³-hybridized carbons (Fsp3) is 1.00. The molecule has 0 aromatic heterocycles. The highest BCUT2D eigenvalue weighted by Crippen LogP contribution is 2.40. The molecule has 7 heteroatoms. The Labute approximate surface area is 157 Å². The summed E-state index contributed by atoms with van der Waals surface area (Å²) in [5.41, 5.74) is 0. The first-order chi connectivity index (χ1) is 10.9. The van der Waals surface area contributed by atoms with Crippen molar-refractivity contribution in [3.8, 4) is 0 Å². The minimum atomic E-state index is -1.96. The molecule has 0 spiro atoms. The van der Waals surface area contributed by atoms with E-state index in [1.807, 2.05) is 0 Å². The van der Waals surface area contributed by atoms with Gasteiger partial charge >= 0.3 is 0 Å². The Hall–Kier alpha value is -0.246. The van der Waals surface area contributed by atoms with Crippen LogP contribution in [0, 0.1) is 16.0 Å². The molecule has 0 rings (SSSR count). The molecule has 150 valence electrons. The predicted molar refractivity (Wildman–Crippen MR) is 111 cm³/mol.